The summed E-state index contributed by atoms with van der Waals surface area (Å²) in [7, 11) is 3.91. The Balaban J connectivity index is 2.08. The highest BCUT2D eigenvalue weighted by Gasteiger charge is 2.18. The number of nitrogens with zero attached hydrogens (tertiary/aromatic N) is 1. The van der Waals surface area contributed by atoms with Crippen LogP contribution in [0.4, 0.5) is 0 Å². The number of carbonyl (C=O) groups is 1. The van der Waals surface area contributed by atoms with Gasteiger partial charge >= 0.3 is 0 Å². The first-order valence-electron chi connectivity index (χ1n) is 6.31. The molecule has 2 rings (SSSR count). The Bertz CT molecular complexity index is 567. The maximum atomic E-state index is 11.9. The van der Waals surface area contributed by atoms with Gasteiger partial charge < -0.3 is 14.6 Å². The van der Waals surface area contributed by atoms with Crippen molar-refractivity contribution >= 4 is 17.5 Å². The van der Waals surface area contributed by atoms with Crippen LogP contribution in [0.25, 0.3) is 0 Å². The minimum atomic E-state index is -0.155. The van der Waals surface area contributed by atoms with Crippen LogP contribution in [0, 0.1) is 0 Å². The summed E-state index contributed by atoms with van der Waals surface area (Å²) in [6.45, 7) is 0.473. The molecule has 0 radical (unpaired) electrons. The van der Waals surface area contributed by atoms with Gasteiger partial charge in [0.25, 0.3) is 5.91 Å². The molecule has 1 N–H and O–H groups in total. The third-order valence-corrected chi connectivity index (χ3v) is 3.47. The molecule has 0 saturated carbocycles. The highest BCUT2D eigenvalue weighted by molar-refractivity contribution is 6.31. The van der Waals surface area contributed by atoms with Crippen molar-refractivity contribution in [1.82, 2.24) is 10.2 Å². The van der Waals surface area contributed by atoms with Gasteiger partial charge in [-0.05, 0) is 31.8 Å². The van der Waals surface area contributed by atoms with E-state index in [1.165, 1.54) is 12.5 Å². The fraction of sp³-hybridized carbons (Fsp3) is 0.267. The number of carbonyl (C=O) groups excluding carboxylic acids is 1. The molecule has 4 nitrogen and oxygen atoms in total. The molecular weight excluding hydrogens is 276 g/mol. The van der Waals surface area contributed by atoms with Crippen LogP contribution in [0.3, 0.4) is 0 Å². The molecule has 1 aromatic heterocycles. The summed E-state index contributed by atoms with van der Waals surface area (Å²) < 4.78 is 4.90. The zero-order valence-corrected chi connectivity index (χ0v) is 12.2. The van der Waals surface area contributed by atoms with Crippen LogP contribution >= 0.6 is 11.6 Å². The summed E-state index contributed by atoms with van der Waals surface area (Å²) in [6.07, 6.45) is 2.90. The molecule has 1 heterocycles. The second-order valence-electron chi connectivity index (χ2n) is 4.72. The predicted molar refractivity (Wildman–Crippen MR) is 78.9 cm³/mol. The molecule has 0 aliphatic rings. The second-order valence-corrected chi connectivity index (χ2v) is 5.13. The molecule has 1 unspecified atom stereocenters. The first-order valence-corrected chi connectivity index (χ1v) is 6.68. The fourth-order valence-electron chi connectivity index (χ4n) is 2.00. The first-order chi connectivity index (χ1) is 9.59. The number of likely N-dealkylation sites (N-methyl/N-ethyl adjacent to an activating group) is 1. The van der Waals surface area contributed by atoms with Crippen LogP contribution in [0.1, 0.15) is 22.0 Å². The van der Waals surface area contributed by atoms with E-state index < -0.39 is 0 Å². The fourth-order valence-corrected chi connectivity index (χ4v) is 2.26. The number of hydrogen-bond donors (Lipinski definition) is 1. The lowest BCUT2D eigenvalue weighted by Crippen LogP contribution is -2.34. The molecule has 0 saturated heterocycles. The van der Waals surface area contributed by atoms with Crippen LogP contribution < -0.4 is 5.32 Å². The van der Waals surface area contributed by atoms with Gasteiger partial charge in [-0.25, -0.2) is 0 Å². The molecule has 0 aliphatic carbocycles. The maximum Gasteiger partial charge on any atom is 0.254 e. The number of halogens is 1. The Labute approximate surface area is 123 Å². The van der Waals surface area contributed by atoms with Gasteiger partial charge in [0.1, 0.15) is 6.26 Å². The van der Waals surface area contributed by atoms with Gasteiger partial charge in [-0.15, -0.1) is 0 Å². The molecule has 106 valence electrons. The number of benzene rings is 1. The van der Waals surface area contributed by atoms with Crippen molar-refractivity contribution in [3.05, 3.63) is 59.0 Å². The molecule has 1 aromatic carbocycles. The van der Waals surface area contributed by atoms with Gasteiger partial charge in [0.2, 0.25) is 0 Å². The lowest BCUT2D eigenvalue weighted by atomic mass is 10.1. The van der Waals surface area contributed by atoms with Crippen LogP contribution in [0.2, 0.25) is 5.02 Å². The van der Waals surface area contributed by atoms with E-state index in [1.54, 1.807) is 6.07 Å². The number of nitrogens with one attached hydrogen (secondary N) is 1. The van der Waals surface area contributed by atoms with E-state index in [-0.39, 0.29) is 11.9 Å². The normalized spacial score (nSPS) is 12.4. The molecule has 20 heavy (non-hydrogen) atoms. The smallest absolute Gasteiger partial charge is 0.254 e. The van der Waals surface area contributed by atoms with E-state index in [0.29, 0.717) is 17.1 Å². The van der Waals surface area contributed by atoms with Crippen molar-refractivity contribution in [3.8, 4) is 0 Å². The Morgan fingerprint density at radius 3 is 2.70 bits per heavy atom. The van der Waals surface area contributed by atoms with Gasteiger partial charge in [-0.2, -0.15) is 0 Å². The van der Waals surface area contributed by atoms with Crippen molar-refractivity contribution in [2.75, 3.05) is 20.6 Å². The van der Waals surface area contributed by atoms with Crippen LogP contribution in [0.15, 0.2) is 47.3 Å². The average Bonchev–Trinajstić information content (AvgIpc) is 2.94. The maximum absolute atomic E-state index is 11.9. The van der Waals surface area contributed by atoms with E-state index in [4.69, 9.17) is 16.0 Å². The van der Waals surface area contributed by atoms with Crippen LogP contribution in [0.5, 0.6) is 0 Å². The van der Waals surface area contributed by atoms with Gasteiger partial charge in [-0.3, -0.25) is 4.79 Å². The minimum absolute atomic E-state index is 0.0135. The monoisotopic (exact) mass is 292 g/mol. The van der Waals surface area contributed by atoms with E-state index in [9.17, 15) is 4.79 Å². The molecule has 1 amide bonds. The minimum Gasteiger partial charge on any atom is -0.472 e. The molecule has 2 aromatic rings. The van der Waals surface area contributed by atoms with E-state index in [2.05, 4.69) is 5.32 Å². The Morgan fingerprint density at radius 1 is 1.35 bits per heavy atom. The zero-order chi connectivity index (χ0) is 14.5. The summed E-state index contributed by atoms with van der Waals surface area (Å²) in [6, 6.07) is 9.30. The summed E-state index contributed by atoms with van der Waals surface area (Å²) >= 11 is 6.22. The number of hydrogen-bond acceptors (Lipinski definition) is 3. The zero-order valence-electron chi connectivity index (χ0n) is 11.5. The van der Waals surface area contributed by atoms with E-state index in [1.807, 2.05) is 43.3 Å². The summed E-state index contributed by atoms with van der Waals surface area (Å²) in [5.41, 5.74) is 1.51. The molecule has 0 bridgehead atoms. The highest BCUT2D eigenvalue weighted by Crippen LogP contribution is 2.25. The van der Waals surface area contributed by atoms with Crippen LogP contribution in [-0.2, 0) is 0 Å². The van der Waals surface area contributed by atoms with Crippen molar-refractivity contribution in [3.63, 3.8) is 0 Å². The average molecular weight is 293 g/mol. The van der Waals surface area contributed by atoms with Crippen molar-refractivity contribution in [2.45, 2.75) is 6.04 Å². The third kappa shape index (κ3) is 3.40. The van der Waals surface area contributed by atoms with Crippen molar-refractivity contribution in [1.29, 1.82) is 0 Å². The number of rotatable bonds is 5. The second kappa shape index (κ2) is 6.59. The first kappa shape index (κ1) is 14.6. The molecule has 0 fully saturated rings. The molecule has 0 spiro atoms. The molecule has 0 aliphatic heterocycles. The van der Waals surface area contributed by atoms with Gasteiger partial charge in [-0.1, -0.05) is 29.8 Å². The molecule has 5 heteroatoms. The Kier molecular flexibility index (Phi) is 4.82. The Hall–Kier alpha value is -1.78. The summed E-state index contributed by atoms with van der Waals surface area (Å²) in [5, 5.41) is 3.59. The van der Waals surface area contributed by atoms with Crippen LogP contribution in [-0.4, -0.2) is 31.4 Å². The van der Waals surface area contributed by atoms with E-state index in [0.717, 1.165) is 5.56 Å². The third-order valence-electron chi connectivity index (χ3n) is 3.13. The summed E-state index contributed by atoms with van der Waals surface area (Å²) in [4.78, 5) is 14.0. The topological polar surface area (TPSA) is 45.5 Å². The quantitative estimate of drug-likeness (QED) is 0.921. The number of amides is 1. The molecule has 1 atom stereocenters. The van der Waals surface area contributed by atoms with Gasteiger partial charge in [0.05, 0.1) is 17.9 Å². The SMILES string of the molecule is CN(C)C(CNC(=O)c1ccoc1)c1ccccc1Cl. The summed E-state index contributed by atoms with van der Waals surface area (Å²) in [5.74, 6) is -0.155. The number of furan rings is 1. The van der Waals surface area contributed by atoms with Crippen molar-refractivity contribution in [2.24, 2.45) is 0 Å². The Morgan fingerprint density at radius 2 is 2.10 bits per heavy atom. The van der Waals surface area contributed by atoms with Crippen molar-refractivity contribution < 1.29 is 9.21 Å². The van der Waals surface area contributed by atoms with Gasteiger partial charge in [0.15, 0.2) is 0 Å². The molecular formula is C15H17ClN2O2. The van der Waals surface area contributed by atoms with Gasteiger partial charge in [0, 0.05) is 11.6 Å². The lowest BCUT2D eigenvalue weighted by molar-refractivity contribution is 0.0941. The van der Waals surface area contributed by atoms with E-state index >= 15 is 0 Å². The largest absolute Gasteiger partial charge is 0.472 e. The lowest BCUT2D eigenvalue weighted by Gasteiger charge is -2.25. The highest BCUT2D eigenvalue weighted by atomic mass is 35.5. The predicted octanol–water partition coefficient (Wildman–Crippen LogP) is 2.97. The standard InChI is InChI=1S/C15H17ClN2O2/c1-18(2)14(12-5-3-4-6-13(12)16)9-17-15(19)11-7-8-20-10-11/h3-8,10,14H,9H2,1-2H3,(H,17,19).